The molecule has 0 unspecified atom stereocenters. The predicted molar refractivity (Wildman–Crippen MR) is 294 cm³/mol. The fourth-order valence-electron chi connectivity index (χ4n) is 11.8. The van der Waals surface area contributed by atoms with Gasteiger partial charge in [0.25, 0.3) is 0 Å². The molecule has 3 aliphatic rings. The van der Waals surface area contributed by atoms with Gasteiger partial charge in [-0.25, -0.2) is 0 Å². The van der Waals surface area contributed by atoms with Gasteiger partial charge < -0.3 is 14.6 Å². The SMILES string of the molecule is CC(C)(C)c1ccc(Nc2cc3c(cc2-c2c4c(cc5c2oc2ccccc25)N(c2ccc(C(C)(C)C)cc2)c2c(sc5cc6c(cc25)C(C)(C)CCC6(C)C)[B]4)-c2ccccc2C3(C)C)cc1. The van der Waals surface area contributed by atoms with Gasteiger partial charge >= 0.3 is 0 Å². The van der Waals surface area contributed by atoms with E-state index in [2.05, 4.69) is 228 Å². The monoisotopic (exact) mass is 905 g/mol. The summed E-state index contributed by atoms with van der Waals surface area (Å²) in [6.45, 7) is 28.3. The van der Waals surface area contributed by atoms with E-state index >= 15 is 0 Å². The minimum atomic E-state index is -0.182. The number of rotatable bonds is 4. The number of para-hydroxylation sites is 1. The summed E-state index contributed by atoms with van der Waals surface area (Å²) in [7, 11) is 2.50. The molecule has 0 atom stereocenters. The molecular formula is C63H62BN2OS. The van der Waals surface area contributed by atoms with Crippen molar-refractivity contribution in [3.63, 3.8) is 0 Å². The van der Waals surface area contributed by atoms with Gasteiger partial charge in [0.2, 0.25) is 7.28 Å². The van der Waals surface area contributed by atoms with Gasteiger partial charge in [0.05, 0.1) is 5.69 Å². The summed E-state index contributed by atoms with van der Waals surface area (Å²) in [4.78, 5) is 2.60. The number of hydrogen-bond donors (Lipinski definition) is 1. The largest absolute Gasteiger partial charge is 0.455 e. The molecule has 1 aliphatic heterocycles. The molecule has 9 aromatic rings. The third-order valence-corrected chi connectivity index (χ3v) is 17.2. The van der Waals surface area contributed by atoms with Gasteiger partial charge in [-0.05, 0) is 150 Å². The normalized spacial score (nSPS) is 16.6. The van der Waals surface area contributed by atoms with Gasteiger partial charge in [-0.1, -0.05) is 150 Å². The molecule has 0 spiro atoms. The van der Waals surface area contributed by atoms with Crippen molar-refractivity contribution in [3.8, 4) is 22.3 Å². The van der Waals surface area contributed by atoms with Crippen LogP contribution in [-0.4, -0.2) is 7.28 Å². The predicted octanol–water partition coefficient (Wildman–Crippen LogP) is 16.9. The Morgan fingerprint density at radius 3 is 1.91 bits per heavy atom. The van der Waals surface area contributed by atoms with Crippen molar-refractivity contribution in [3.05, 3.63) is 161 Å². The molecule has 1 N–H and O–H groups in total. The highest BCUT2D eigenvalue weighted by Gasteiger charge is 2.41. The highest BCUT2D eigenvalue weighted by molar-refractivity contribution is 7.29. The van der Waals surface area contributed by atoms with Gasteiger partial charge in [0, 0.05) is 60.2 Å². The Bertz CT molecular complexity index is 3550. The topological polar surface area (TPSA) is 28.4 Å². The van der Waals surface area contributed by atoms with E-state index < -0.39 is 0 Å². The molecule has 2 aliphatic carbocycles. The Hall–Kier alpha value is -6.04. The van der Waals surface area contributed by atoms with Crippen molar-refractivity contribution in [1.29, 1.82) is 0 Å². The second-order valence-electron chi connectivity index (χ2n) is 24.0. The first-order valence-corrected chi connectivity index (χ1v) is 25.5. The number of nitrogens with zero attached hydrogens (tertiary/aromatic N) is 1. The van der Waals surface area contributed by atoms with Gasteiger partial charge in [-0.2, -0.15) is 0 Å². The zero-order valence-electron chi connectivity index (χ0n) is 41.9. The first-order chi connectivity index (χ1) is 32.2. The molecule has 0 amide bonds. The number of fused-ring (bicyclic) bond motifs is 11. The number of anilines is 5. The first kappa shape index (κ1) is 43.3. The first-order valence-electron chi connectivity index (χ1n) is 24.7. The van der Waals surface area contributed by atoms with Crippen LogP contribution in [0.3, 0.4) is 0 Å². The third kappa shape index (κ3) is 6.51. The zero-order valence-corrected chi connectivity index (χ0v) is 42.7. The molecule has 3 nitrogen and oxygen atoms in total. The van der Waals surface area contributed by atoms with Crippen LogP contribution >= 0.6 is 11.3 Å². The molecule has 0 fully saturated rings. The smallest absolute Gasteiger partial charge is 0.212 e. The van der Waals surface area contributed by atoms with Crippen LogP contribution in [0.4, 0.5) is 28.4 Å². The van der Waals surface area contributed by atoms with Crippen molar-refractivity contribution >= 4 is 89.3 Å². The van der Waals surface area contributed by atoms with Crippen LogP contribution in [0.1, 0.15) is 129 Å². The maximum Gasteiger partial charge on any atom is 0.212 e. The Balaban J connectivity index is 1.18. The fourth-order valence-corrected chi connectivity index (χ4v) is 13.0. The minimum Gasteiger partial charge on any atom is -0.455 e. The lowest BCUT2D eigenvalue weighted by atomic mass is 9.61. The van der Waals surface area contributed by atoms with Crippen molar-refractivity contribution < 1.29 is 4.42 Å². The van der Waals surface area contributed by atoms with E-state index in [-0.39, 0.29) is 27.1 Å². The number of furan rings is 1. The van der Waals surface area contributed by atoms with E-state index in [1.54, 1.807) is 0 Å². The Labute approximate surface area is 407 Å². The van der Waals surface area contributed by atoms with E-state index in [4.69, 9.17) is 4.42 Å². The van der Waals surface area contributed by atoms with Gasteiger partial charge in [0.15, 0.2) is 0 Å². The second kappa shape index (κ2) is 14.5. The number of thiophene rings is 1. The number of nitrogens with one attached hydrogen (secondary N) is 1. The summed E-state index contributed by atoms with van der Waals surface area (Å²) in [6.07, 6.45) is 2.36. The van der Waals surface area contributed by atoms with Crippen LogP contribution in [0.15, 0.2) is 132 Å². The summed E-state index contributed by atoms with van der Waals surface area (Å²) in [5.74, 6) is 0. The van der Waals surface area contributed by atoms with E-state index in [0.29, 0.717) is 0 Å². The quantitative estimate of drug-likeness (QED) is 0.178. The van der Waals surface area contributed by atoms with E-state index in [1.165, 1.54) is 77.9 Å². The molecule has 3 heterocycles. The molecule has 339 valence electrons. The maximum atomic E-state index is 7.18. The fraction of sp³-hybridized carbons (Fsp3) is 0.302. The average molecular weight is 906 g/mol. The highest BCUT2D eigenvalue weighted by Crippen LogP contribution is 2.55. The van der Waals surface area contributed by atoms with Crippen LogP contribution in [0.25, 0.3) is 54.3 Å². The van der Waals surface area contributed by atoms with Crippen molar-refractivity contribution in [1.82, 2.24) is 0 Å². The molecule has 5 heteroatoms. The van der Waals surface area contributed by atoms with Crippen LogP contribution in [0, 0.1) is 0 Å². The van der Waals surface area contributed by atoms with E-state index in [1.807, 2.05) is 11.3 Å². The lowest BCUT2D eigenvalue weighted by Gasteiger charge is -2.42. The highest BCUT2D eigenvalue weighted by atomic mass is 32.1. The number of hydrogen-bond acceptors (Lipinski definition) is 4. The molecule has 0 bridgehead atoms. The Kier molecular flexibility index (Phi) is 9.22. The van der Waals surface area contributed by atoms with Crippen LogP contribution in [-0.2, 0) is 27.1 Å². The summed E-state index contributed by atoms with van der Waals surface area (Å²) in [6, 6.07) is 48.5. The van der Waals surface area contributed by atoms with Crippen LogP contribution < -0.4 is 20.5 Å². The van der Waals surface area contributed by atoms with Crippen LogP contribution in [0.2, 0.25) is 0 Å². The van der Waals surface area contributed by atoms with Crippen LogP contribution in [0.5, 0.6) is 0 Å². The lowest BCUT2D eigenvalue weighted by molar-refractivity contribution is 0.332. The zero-order chi connectivity index (χ0) is 47.4. The molecule has 1 radical (unpaired) electrons. The maximum absolute atomic E-state index is 7.18. The Morgan fingerprint density at radius 1 is 0.588 bits per heavy atom. The van der Waals surface area contributed by atoms with Gasteiger partial charge in [0.1, 0.15) is 11.2 Å². The standard InChI is InChI=1S/C63H62BN2OS/c1-59(2,3)36-21-25-38(26-22-36)65-50-34-47-42(40-17-13-15-19-46(40)63(47,11)12)31-44(50)54-55-51(33-43-41-18-14-16-20-52(41)67-57(43)54)66(39-27-23-37(24-28-39)60(4,5)6)56-45-32-48-49(35-53(45)68-58(56)64-55)62(9,10)30-29-61(48,7)8/h13-28,31-35,65H,29-30H2,1-12H3. The number of benzene rings is 7. The van der Waals surface area contributed by atoms with E-state index in [9.17, 15) is 0 Å². The van der Waals surface area contributed by atoms with Gasteiger partial charge in [-0.3, -0.25) is 0 Å². The van der Waals surface area contributed by atoms with Crippen molar-refractivity contribution in [2.75, 3.05) is 10.2 Å². The minimum absolute atomic E-state index is 0.0239. The van der Waals surface area contributed by atoms with Gasteiger partial charge in [-0.15, -0.1) is 11.3 Å². The molecule has 7 aromatic carbocycles. The summed E-state index contributed by atoms with van der Waals surface area (Å²) in [5, 5.41) is 7.59. The molecule has 0 saturated heterocycles. The third-order valence-electron chi connectivity index (χ3n) is 16.1. The summed E-state index contributed by atoms with van der Waals surface area (Å²) >= 11 is 1.93. The molecular weight excluding hydrogens is 844 g/mol. The molecule has 0 saturated carbocycles. The average Bonchev–Trinajstić information content (AvgIpc) is 3.92. The molecule has 68 heavy (non-hydrogen) atoms. The molecule has 12 rings (SSSR count). The van der Waals surface area contributed by atoms with E-state index in [0.717, 1.165) is 61.3 Å². The molecule has 2 aromatic heterocycles. The second-order valence-corrected chi connectivity index (χ2v) is 25.1. The Morgan fingerprint density at radius 2 is 1.22 bits per heavy atom. The summed E-state index contributed by atoms with van der Waals surface area (Å²) in [5.41, 5.74) is 21.9. The summed E-state index contributed by atoms with van der Waals surface area (Å²) < 4.78 is 9.79. The van der Waals surface area contributed by atoms with Crippen molar-refractivity contribution in [2.24, 2.45) is 0 Å². The lowest BCUT2D eigenvalue weighted by Crippen LogP contribution is -2.39. The van der Waals surface area contributed by atoms with Crippen molar-refractivity contribution in [2.45, 2.75) is 123 Å².